The fourth-order valence-electron chi connectivity index (χ4n) is 4.20. The first kappa shape index (κ1) is 23.4. The predicted octanol–water partition coefficient (Wildman–Crippen LogP) is 4.94. The summed E-state index contributed by atoms with van der Waals surface area (Å²) in [6, 6.07) is 0. The molecule has 2 fully saturated rings. The summed E-state index contributed by atoms with van der Waals surface area (Å²) in [5.74, 6) is 3.77. The minimum Gasteiger partial charge on any atom is -0.463 e. The quantitative estimate of drug-likeness (QED) is 0.502. The summed E-state index contributed by atoms with van der Waals surface area (Å²) in [5.41, 5.74) is 0. The minimum atomic E-state index is -0.359. The first-order valence-electron chi connectivity index (χ1n) is 9.57. The SMILES string of the molecule is C=CC(=O)OCC.C=CC(=O)OCC.CCC1C2CCC(C2)C1CC. The summed E-state index contributed by atoms with van der Waals surface area (Å²) in [6.07, 6.45) is 9.86. The Morgan fingerprint density at radius 2 is 1.20 bits per heavy atom. The number of rotatable bonds is 6. The van der Waals surface area contributed by atoms with Gasteiger partial charge in [-0.2, -0.15) is 0 Å². The number of hydrogen-bond donors (Lipinski definition) is 0. The maximum Gasteiger partial charge on any atom is 0.330 e. The molecule has 4 atom stereocenters. The number of carbonyl (C=O) groups is 2. The van der Waals surface area contributed by atoms with E-state index in [-0.39, 0.29) is 11.9 Å². The van der Waals surface area contributed by atoms with Crippen molar-refractivity contribution < 1.29 is 19.1 Å². The van der Waals surface area contributed by atoms with Gasteiger partial charge in [0.15, 0.2) is 0 Å². The van der Waals surface area contributed by atoms with Gasteiger partial charge in [-0.25, -0.2) is 9.59 Å². The molecule has 0 radical (unpaired) electrons. The molecule has 0 heterocycles. The van der Waals surface area contributed by atoms with Crippen molar-refractivity contribution in [3.05, 3.63) is 25.3 Å². The predicted molar refractivity (Wildman–Crippen MR) is 102 cm³/mol. The van der Waals surface area contributed by atoms with Gasteiger partial charge >= 0.3 is 11.9 Å². The molecule has 0 aromatic heterocycles. The van der Waals surface area contributed by atoms with Gasteiger partial charge in [-0.15, -0.1) is 0 Å². The van der Waals surface area contributed by atoms with Crippen molar-refractivity contribution in [2.75, 3.05) is 13.2 Å². The van der Waals surface area contributed by atoms with Crippen LogP contribution in [0, 0.1) is 23.7 Å². The van der Waals surface area contributed by atoms with Crippen molar-refractivity contribution in [2.45, 2.75) is 59.8 Å². The molecule has 4 nitrogen and oxygen atoms in total. The molecule has 0 spiro atoms. The van der Waals surface area contributed by atoms with Gasteiger partial charge in [0.25, 0.3) is 0 Å². The second-order valence-electron chi connectivity index (χ2n) is 6.39. The summed E-state index contributed by atoms with van der Waals surface area (Å²) in [6.45, 7) is 15.5. The molecular formula is C21H36O4. The Labute approximate surface area is 153 Å². The van der Waals surface area contributed by atoms with Crippen LogP contribution in [0.1, 0.15) is 59.8 Å². The molecule has 4 unspecified atom stereocenters. The summed E-state index contributed by atoms with van der Waals surface area (Å²) in [5, 5.41) is 0. The number of hydrogen-bond acceptors (Lipinski definition) is 4. The fourth-order valence-corrected chi connectivity index (χ4v) is 4.20. The standard InChI is InChI=1S/C11H20.2C5H8O2/c1-3-10-8-5-6-9(7-8)11(10)4-2;2*1-3-5(6)7-4-2/h8-11H,3-7H2,1-2H3;2*3H,1,4H2,2H3. The van der Waals surface area contributed by atoms with E-state index in [2.05, 4.69) is 36.5 Å². The summed E-state index contributed by atoms with van der Waals surface area (Å²) in [7, 11) is 0. The maximum atomic E-state index is 10.1. The Morgan fingerprint density at radius 3 is 1.40 bits per heavy atom. The zero-order valence-electron chi connectivity index (χ0n) is 16.5. The molecule has 0 aromatic carbocycles. The third-order valence-corrected chi connectivity index (χ3v) is 5.12. The smallest absolute Gasteiger partial charge is 0.330 e. The molecule has 2 saturated carbocycles. The van der Waals surface area contributed by atoms with Crippen LogP contribution in [-0.2, 0) is 19.1 Å². The van der Waals surface area contributed by atoms with Crippen LogP contribution < -0.4 is 0 Å². The van der Waals surface area contributed by atoms with E-state index >= 15 is 0 Å². The van der Waals surface area contributed by atoms with E-state index in [1.807, 2.05) is 0 Å². The van der Waals surface area contributed by atoms with Crippen molar-refractivity contribution in [1.29, 1.82) is 0 Å². The van der Waals surface area contributed by atoms with Crippen molar-refractivity contribution >= 4 is 11.9 Å². The average molecular weight is 353 g/mol. The van der Waals surface area contributed by atoms with E-state index < -0.39 is 0 Å². The van der Waals surface area contributed by atoms with E-state index in [1.165, 1.54) is 12.8 Å². The van der Waals surface area contributed by atoms with E-state index in [4.69, 9.17) is 0 Å². The Morgan fingerprint density at radius 1 is 0.840 bits per heavy atom. The Kier molecular flexibility index (Phi) is 12.8. The summed E-state index contributed by atoms with van der Waals surface area (Å²) >= 11 is 0. The van der Waals surface area contributed by atoms with E-state index in [9.17, 15) is 9.59 Å². The van der Waals surface area contributed by atoms with E-state index in [1.54, 1.807) is 33.1 Å². The highest BCUT2D eigenvalue weighted by Crippen LogP contribution is 2.54. The van der Waals surface area contributed by atoms with Gasteiger partial charge in [0.1, 0.15) is 0 Å². The highest BCUT2D eigenvalue weighted by Gasteiger charge is 2.45. The van der Waals surface area contributed by atoms with Gasteiger partial charge in [-0.05, 0) is 56.8 Å². The topological polar surface area (TPSA) is 52.6 Å². The lowest BCUT2D eigenvalue weighted by molar-refractivity contribution is -0.138. The molecule has 2 rings (SSSR count). The Hall–Kier alpha value is -1.58. The highest BCUT2D eigenvalue weighted by atomic mass is 16.5. The molecule has 2 bridgehead atoms. The molecule has 25 heavy (non-hydrogen) atoms. The normalized spacial score (nSPS) is 25.6. The zero-order chi connectivity index (χ0) is 19.2. The lowest BCUT2D eigenvalue weighted by Crippen LogP contribution is -2.20. The average Bonchev–Trinajstić information content (AvgIpc) is 3.23. The van der Waals surface area contributed by atoms with Crippen molar-refractivity contribution in [3.63, 3.8) is 0 Å². The largest absolute Gasteiger partial charge is 0.463 e. The van der Waals surface area contributed by atoms with Crippen LogP contribution in [0.5, 0.6) is 0 Å². The van der Waals surface area contributed by atoms with Crippen LogP contribution in [0.25, 0.3) is 0 Å². The number of carbonyl (C=O) groups excluding carboxylic acids is 2. The van der Waals surface area contributed by atoms with Crippen LogP contribution >= 0.6 is 0 Å². The van der Waals surface area contributed by atoms with Gasteiger partial charge in [-0.3, -0.25) is 0 Å². The summed E-state index contributed by atoms with van der Waals surface area (Å²) < 4.78 is 8.87. The number of ether oxygens (including phenoxy) is 2. The van der Waals surface area contributed by atoms with Crippen LogP contribution in [-0.4, -0.2) is 25.2 Å². The van der Waals surface area contributed by atoms with Crippen LogP contribution in [0.4, 0.5) is 0 Å². The highest BCUT2D eigenvalue weighted by molar-refractivity contribution is 5.81. The van der Waals surface area contributed by atoms with Gasteiger partial charge < -0.3 is 9.47 Å². The molecule has 0 amide bonds. The van der Waals surface area contributed by atoms with Crippen LogP contribution in [0.2, 0.25) is 0 Å². The number of esters is 2. The van der Waals surface area contributed by atoms with E-state index in [0.29, 0.717) is 13.2 Å². The summed E-state index contributed by atoms with van der Waals surface area (Å²) in [4.78, 5) is 20.1. The third-order valence-electron chi connectivity index (χ3n) is 5.12. The minimum absolute atomic E-state index is 0.359. The molecule has 0 saturated heterocycles. The van der Waals surface area contributed by atoms with Gasteiger partial charge in [-0.1, -0.05) is 39.8 Å². The molecule has 144 valence electrons. The van der Waals surface area contributed by atoms with Crippen molar-refractivity contribution in [1.82, 2.24) is 0 Å². The maximum absolute atomic E-state index is 10.1. The Balaban J connectivity index is 0.000000366. The second-order valence-corrected chi connectivity index (χ2v) is 6.39. The first-order valence-corrected chi connectivity index (χ1v) is 9.57. The molecular weight excluding hydrogens is 316 g/mol. The molecule has 2 aliphatic carbocycles. The molecule has 4 heteroatoms. The van der Waals surface area contributed by atoms with Crippen LogP contribution in [0.3, 0.4) is 0 Å². The lowest BCUT2D eigenvalue weighted by atomic mass is 9.77. The van der Waals surface area contributed by atoms with Gasteiger partial charge in [0, 0.05) is 12.2 Å². The second kappa shape index (κ2) is 13.7. The van der Waals surface area contributed by atoms with Crippen LogP contribution in [0.15, 0.2) is 25.3 Å². The van der Waals surface area contributed by atoms with E-state index in [0.717, 1.165) is 35.8 Å². The lowest BCUT2D eigenvalue weighted by Gasteiger charge is -2.29. The Bertz CT molecular complexity index is 378. The van der Waals surface area contributed by atoms with Crippen molar-refractivity contribution in [3.8, 4) is 0 Å². The van der Waals surface area contributed by atoms with Crippen molar-refractivity contribution in [2.24, 2.45) is 23.7 Å². The molecule has 0 aliphatic heterocycles. The first-order chi connectivity index (χ1) is 12.0. The number of fused-ring (bicyclic) bond motifs is 2. The fraction of sp³-hybridized carbons (Fsp3) is 0.714. The third kappa shape index (κ3) is 8.37. The molecule has 0 N–H and O–H groups in total. The molecule has 0 aromatic rings. The zero-order valence-corrected chi connectivity index (χ0v) is 16.5. The van der Waals surface area contributed by atoms with Gasteiger partial charge in [0.2, 0.25) is 0 Å². The van der Waals surface area contributed by atoms with Gasteiger partial charge in [0.05, 0.1) is 13.2 Å². The monoisotopic (exact) mass is 352 g/mol. The molecule has 2 aliphatic rings.